The highest BCUT2D eigenvalue weighted by molar-refractivity contribution is 7.85. The van der Waals surface area contributed by atoms with Crippen molar-refractivity contribution >= 4 is 10.8 Å². The second-order valence-corrected chi connectivity index (χ2v) is 5.01. The summed E-state index contributed by atoms with van der Waals surface area (Å²) >= 11 is 0. The average molecular weight is 247 g/mol. The maximum atomic E-state index is 13.2. The van der Waals surface area contributed by atoms with Crippen LogP contribution in [0.15, 0.2) is 23.1 Å². The summed E-state index contributed by atoms with van der Waals surface area (Å²) in [5.74, 6) is -0.828. The van der Waals surface area contributed by atoms with Crippen molar-refractivity contribution in [2.45, 2.75) is 24.2 Å². The van der Waals surface area contributed by atoms with Gasteiger partial charge in [0, 0.05) is 5.75 Å². The minimum absolute atomic E-state index is 0.0484. The lowest BCUT2D eigenvalue weighted by molar-refractivity contribution is 0.571. The highest BCUT2D eigenvalue weighted by atomic mass is 32.2. The van der Waals surface area contributed by atoms with Crippen LogP contribution < -0.4 is 5.73 Å². The normalized spacial score (nSPS) is 12.7. The molecule has 2 N–H and O–H groups in total. The van der Waals surface area contributed by atoms with E-state index >= 15 is 0 Å². The first kappa shape index (κ1) is 13.3. The molecule has 0 heterocycles. The Labute approximate surface area is 96.3 Å². The van der Waals surface area contributed by atoms with E-state index in [0.717, 1.165) is 31.0 Å². The molecule has 0 saturated heterocycles. The van der Waals surface area contributed by atoms with Gasteiger partial charge in [-0.1, -0.05) is 6.42 Å². The van der Waals surface area contributed by atoms with Gasteiger partial charge in [0.15, 0.2) is 0 Å². The molecule has 0 aliphatic carbocycles. The van der Waals surface area contributed by atoms with Gasteiger partial charge in [0.2, 0.25) is 0 Å². The zero-order valence-corrected chi connectivity index (χ0v) is 9.73. The smallest absolute Gasteiger partial charge is 0.139 e. The first-order chi connectivity index (χ1) is 7.65. The van der Waals surface area contributed by atoms with E-state index in [4.69, 9.17) is 5.73 Å². The predicted molar refractivity (Wildman–Crippen MR) is 60.5 cm³/mol. The van der Waals surface area contributed by atoms with Crippen LogP contribution in [0.3, 0.4) is 0 Å². The Morgan fingerprint density at radius 1 is 1.19 bits per heavy atom. The Balaban J connectivity index is 2.55. The topological polar surface area (TPSA) is 43.1 Å². The van der Waals surface area contributed by atoms with Gasteiger partial charge in [0.05, 0.1) is 15.7 Å². The minimum atomic E-state index is -1.46. The molecule has 0 aliphatic rings. The molecule has 1 atom stereocenters. The molecule has 0 aromatic heterocycles. The Morgan fingerprint density at radius 3 is 2.62 bits per heavy atom. The Bertz CT molecular complexity index is 371. The lowest BCUT2D eigenvalue weighted by Crippen LogP contribution is -2.03. The molecular weight excluding hydrogens is 232 g/mol. The van der Waals surface area contributed by atoms with Crippen LogP contribution in [0, 0.1) is 11.6 Å². The van der Waals surface area contributed by atoms with E-state index < -0.39 is 22.4 Å². The quantitative estimate of drug-likeness (QED) is 0.783. The number of hydrogen-bond donors (Lipinski definition) is 1. The fraction of sp³-hybridized carbons (Fsp3) is 0.455. The molecule has 0 aliphatic heterocycles. The van der Waals surface area contributed by atoms with Crippen molar-refractivity contribution in [3.05, 3.63) is 29.8 Å². The summed E-state index contributed by atoms with van der Waals surface area (Å²) < 4.78 is 37.7. The van der Waals surface area contributed by atoms with Crippen molar-refractivity contribution < 1.29 is 13.0 Å². The monoisotopic (exact) mass is 247 g/mol. The maximum absolute atomic E-state index is 13.2. The molecule has 0 fully saturated rings. The third-order valence-corrected chi connectivity index (χ3v) is 3.64. The molecule has 0 spiro atoms. The summed E-state index contributed by atoms with van der Waals surface area (Å²) in [7, 11) is -1.46. The fourth-order valence-corrected chi connectivity index (χ4v) is 2.53. The summed E-state index contributed by atoms with van der Waals surface area (Å²) in [6, 6.07) is 3.02. The fourth-order valence-electron chi connectivity index (χ4n) is 1.32. The van der Waals surface area contributed by atoms with Crippen LogP contribution in [0.4, 0.5) is 8.78 Å². The lowest BCUT2D eigenvalue weighted by atomic mass is 10.2. The van der Waals surface area contributed by atoms with E-state index in [1.807, 2.05) is 0 Å². The van der Waals surface area contributed by atoms with Gasteiger partial charge in [-0.2, -0.15) is 0 Å². The molecular formula is C11H15F2NOS. The van der Waals surface area contributed by atoms with Gasteiger partial charge in [-0.3, -0.25) is 4.21 Å². The standard InChI is InChI=1S/C11H15F2NOS/c12-9-4-5-10(13)11(8-9)16(15)7-3-1-2-6-14/h4-5,8H,1-3,6-7,14H2. The molecule has 16 heavy (non-hydrogen) atoms. The molecule has 1 aromatic rings. The second kappa shape index (κ2) is 6.70. The third kappa shape index (κ3) is 3.98. The van der Waals surface area contributed by atoms with Crippen molar-refractivity contribution in [2.24, 2.45) is 5.73 Å². The van der Waals surface area contributed by atoms with Crippen molar-refractivity contribution in [1.29, 1.82) is 0 Å². The van der Waals surface area contributed by atoms with Crippen LogP contribution >= 0.6 is 0 Å². The zero-order chi connectivity index (χ0) is 12.0. The number of benzene rings is 1. The first-order valence-corrected chi connectivity index (χ1v) is 6.50. The van der Waals surface area contributed by atoms with Gasteiger partial charge in [-0.05, 0) is 37.6 Å². The van der Waals surface area contributed by atoms with Crippen LogP contribution in [0.1, 0.15) is 19.3 Å². The third-order valence-electron chi connectivity index (χ3n) is 2.17. The molecule has 0 radical (unpaired) electrons. The van der Waals surface area contributed by atoms with Crippen molar-refractivity contribution in [1.82, 2.24) is 0 Å². The number of nitrogens with two attached hydrogens (primary N) is 1. The molecule has 1 aromatic carbocycles. The number of unbranched alkanes of at least 4 members (excludes halogenated alkanes) is 2. The lowest BCUT2D eigenvalue weighted by Gasteiger charge is -2.03. The Hall–Kier alpha value is -0.810. The molecule has 0 amide bonds. The number of halogens is 2. The van der Waals surface area contributed by atoms with Crippen molar-refractivity contribution in [3.63, 3.8) is 0 Å². The average Bonchev–Trinajstić information content (AvgIpc) is 2.27. The highest BCUT2D eigenvalue weighted by Gasteiger charge is 2.10. The van der Waals surface area contributed by atoms with Crippen LogP contribution in [-0.4, -0.2) is 16.5 Å². The van der Waals surface area contributed by atoms with E-state index in [1.165, 1.54) is 0 Å². The predicted octanol–water partition coefficient (Wildman–Crippen LogP) is 2.20. The molecule has 1 unspecified atom stereocenters. The van der Waals surface area contributed by atoms with Gasteiger partial charge in [0.1, 0.15) is 11.6 Å². The SMILES string of the molecule is NCCCCCS(=O)c1cc(F)ccc1F. The van der Waals surface area contributed by atoms with E-state index in [0.29, 0.717) is 18.7 Å². The van der Waals surface area contributed by atoms with Gasteiger partial charge >= 0.3 is 0 Å². The molecule has 2 nitrogen and oxygen atoms in total. The zero-order valence-electron chi connectivity index (χ0n) is 8.92. The largest absolute Gasteiger partial charge is 0.330 e. The minimum Gasteiger partial charge on any atom is -0.330 e. The van der Waals surface area contributed by atoms with E-state index in [-0.39, 0.29) is 4.90 Å². The summed E-state index contributed by atoms with van der Waals surface area (Å²) in [5.41, 5.74) is 5.32. The summed E-state index contributed by atoms with van der Waals surface area (Å²) in [5, 5.41) is 0. The van der Waals surface area contributed by atoms with E-state index in [1.54, 1.807) is 0 Å². The highest BCUT2D eigenvalue weighted by Crippen LogP contribution is 2.15. The first-order valence-electron chi connectivity index (χ1n) is 5.18. The van der Waals surface area contributed by atoms with Gasteiger partial charge < -0.3 is 5.73 Å². The second-order valence-electron chi connectivity index (χ2n) is 3.47. The maximum Gasteiger partial charge on any atom is 0.139 e. The van der Waals surface area contributed by atoms with Crippen LogP contribution in [-0.2, 0) is 10.8 Å². The van der Waals surface area contributed by atoms with Crippen molar-refractivity contribution in [3.8, 4) is 0 Å². The van der Waals surface area contributed by atoms with Crippen molar-refractivity contribution in [2.75, 3.05) is 12.3 Å². The molecule has 5 heteroatoms. The van der Waals surface area contributed by atoms with Crippen LogP contribution in [0.25, 0.3) is 0 Å². The molecule has 1 rings (SSSR count). The van der Waals surface area contributed by atoms with Gasteiger partial charge in [0.25, 0.3) is 0 Å². The number of rotatable bonds is 6. The van der Waals surface area contributed by atoms with Crippen LogP contribution in [0.2, 0.25) is 0 Å². The van der Waals surface area contributed by atoms with Gasteiger partial charge in [-0.25, -0.2) is 8.78 Å². The Kier molecular flexibility index (Phi) is 5.55. The van der Waals surface area contributed by atoms with E-state index in [9.17, 15) is 13.0 Å². The van der Waals surface area contributed by atoms with E-state index in [2.05, 4.69) is 0 Å². The summed E-state index contributed by atoms with van der Waals surface area (Å²) in [6.45, 7) is 0.598. The summed E-state index contributed by atoms with van der Waals surface area (Å²) in [4.78, 5) is -0.0484. The number of hydrogen-bond acceptors (Lipinski definition) is 2. The Morgan fingerprint density at radius 2 is 1.94 bits per heavy atom. The van der Waals surface area contributed by atoms with Gasteiger partial charge in [-0.15, -0.1) is 0 Å². The molecule has 0 bridgehead atoms. The summed E-state index contributed by atoms with van der Waals surface area (Å²) in [6.07, 6.45) is 2.43. The molecule has 90 valence electrons. The molecule has 0 saturated carbocycles. The van der Waals surface area contributed by atoms with Crippen LogP contribution in [0.5, 0.6) is 0 Å².